The number of hydrogen-bond donors (Lipinski definition) is 2. The molecule has 3 rings (SSSR count). The van der Waals surface area contributed by atoms with Gasteiger partial charge in [-0.05, 0) is 31.2 Å². The van der Waals surface area contributed by atoms with Crippen molar-refractivity contribution in [3.05, 3.63) is 57.6 Å². The summed E-state index contributed by atoms with van der Waals surface area (Å²) in [4.78, 5) is 38.7. The van der Waals surface area contributed by atoms with Crippen LogP contribution in [-0.4, -0.2) is 21.7 Å². The fourth-order valence-corrected chi connectivity index (χ4v) is 3.34. The number of amides is 2. The van der Waals surface area contributed by atoms with E-state index in [-0.39, 0.29) is 17.2 Å². The van der Waals surface area contributed by atoms with E-state index in [1.54, 1.807) is 44.2 Å². The molecule has 0 unspecified atom stereocenters. The Morgan fingerprint density at radius 1 is 1.19 bits per heavy atom. The molecule has 0 aliphatic rings. The highest BCUT2D eigenvalue weighted by Crippen LogP contribution is 2.29. The fourth-order valence-electron chi connectivity index (χ4n) is 2.41. The number of nitro benzene ring substituents is 1. The highest BCUT2D eigenvalue weighted by atomic mass is 32.1. The molecule has 2 N–H and O–H groups in total. The molecule has 1 aromatic heterocycles. The second-order valence-electron chi connectivity index (χ2n) is 5.82. The minimum absolute atomic E-state index is 0.100. The summed E-state index contributed by atoms with van der Waals surface area (Å²) >= 11 is 1.30. The number of rotatable bonds is 5. The second kappa shape index (κ2) is 7.50. The van der Waals surface area contributed by atoms with Gasteiger partial charge in [-0.1, -0.05) is 24.3 Å². The first-order valence-electron chi connectivity index (χ1n) is 8.14. The highest BCUT2D eigenvalue weighted by molar-refractivity contribution is 7.22. The van der Waals surface area contributed by atoms with Crippen LogP contribution in [0.5, 0.6) is 0 Å². The third-order valence-corrected chi connectivity index (χ3v) is 4.82. The van der Waals surface area contributed by atoms with Gasteiger partial charge in [0.1, 0.15) is 0 Å². The molecule has 0 saturated carbocycles. The molecule has 0 fully saturated rings. The molecule has 27 heavy (non-hydrogen) atoms. The smallest absolute Gasteiger partial charge is 0.273 e. The third kappa shape index (κ3) is 4.09. The van der Waals surface area contributed by atoms with Gasteiger partial charge in [-0.15, -0.1) is 0 Å². The monoisotopic (exact) mass is 384 g/mol. The van der Waals surface area contributed by atoms with Crippen LogP contribution in [0.2, 0.25) is 0 Å². The van der Waals surface area contributed by atoms with Crippen LogP contribution in [0.15, 0.2) is 36.4 Å². The number of benzene rings is 2. The average molecular weight is 384 g/mol. The topological polar surface area (TPSA) is 114 Å². The summed E-state index contributed by atoms with van der Waals surface area (Å²) in [5.41, 5.74) is 1.83. The van der Waals surface area contributed by atoms with E-state index in [0.29, 0.717) is 28.3 Å². The summed E-state index contributed by atoms with van der Waals surface area (Å²) in [6, 6.07) is 9.52. The van der Waals surface area contributed by atoms with E-state index in [2.05, 4.69) is 15.6 Å². The zero-order valence-corrected chi connectivity index (χ0v) is 15.4. The van der Waals surface area contributed by atoms with Crippen molar-refractivity contribution >= 4 is 49.9 Å². The highest BCUT2D eigenvalue weighted by Gasteiger charge is 2.15. The van der Waals surface area contributed by atoms with Gasteiger partial charge in [-0.25, -0.2) is 4.98 Å². The molecular formula is C18H16N4O4S. The summed E-state index contributed by atoms with van der Waals surface area (Å²) in [5.74, 6) is -0.565. The fraction of sp³-hybridized carbons (Fsp3) is 0.167. The molecule has 0 aliphatic heterocycles. The summed E-state index contributed by atoms with van der Waals surface area (Å²) in [6.45, 7) is 3.37. The van der Waals surface area contributed by atoms with Gasteiger partial charge in [-0.3, -0.25) is 19.7 Å². The lowest BCUT2D eigenvalue weighted by Gasteiger charge is -2.06. The molecule has 2 aromatic carbocycles. The quantitative estimate of drug-likeness (QED) is 0.507. The summed E-state index contributed by atoms with van der Waals surface area (Å²) in [7, 11) is 0. The Hall–Kier alpha value is -3.33. The van der Waals surface area contributed by atoms with Crippen molar-refractivity contribution in [2.45, 2.75) is 20.3 Å². The molecular weight excluding hydrogens is 368 g/mol. The Kier molecular flexibility index (Phi) is 5.13. The Labute approximate surface area is 158 Å². The van der Waals surface area contributed by atoms with E-state index >= 15 is 0 Å². The third-order valence-electron chi connectivity index (χ3n) is 3.88. The number of carbonyl (C=O) groups is 2. The molecule has 0 saturated heterocycles. The average Bonchev–Trinajstić information content (AvgIpc) is 3.03. The van der Waals surface area contributed by atoms with E-state index in [0.717, 1.165) is 4.70 Å². The number of nitrogens with zero attached hydrogens (tertiary/aromatic N) is 2. The van der Waals surface area contributed by atoms with Crippen LogP contribution in [0.3, 0.4) is 0 Å². The standard InChI is InChI=1S/C18H16N4O4S/c1-3-16(23)21-18-20-13-7-6-12(9-15(13)27-18)19-17(24)11-5-4-10(2)14(8-11)22(25)26/h4-9H,3H2,1-2H3,(H,19,24)(H,20,21,23). The van der Waals surface area contributed by atoms with Crippen LogP contribution < -0.4 is 10.6 Å². The van der Waals surface area contributed by atoms with Crippen LogP contribution in [0.25, 0.3) is 10.2 Å². The van der Waals surface area contributed by atoms with Crippen molar-refractivity contribution in [3.63, 3.8) is 0 Å². The number of nitro groups is 1. The summed E-state index contributed by atoms with van der Waals surface area (Å²) in [6.07, 6.45) is 0.361. The molecule has 1 heterocycles. The number of aromatic nitrogens is 1. The molecule has 0 radical (unpaired) electrons. The van der Waals surface area contributed by atoms with Crippen molar-refractivity contribution in [1.29, 1.82) is 0 Å². The zero-order valence-electron chi connectivity index (χ0n) is 14.6. The summed E-state index contributed by atoms with van der Waals surface area (Å²) in [5, 5.41) is 17.0. The van der Waals surface area contributed by atoms with Crippen molar-refractivity contribution in [2.75, 3.05) is 10.6 Å². The Balaban J connectivity index is 1.81. The van der Waals surface area contributed by atoms with E-state index in [1.165, 1.54) is 17.4 Å². The van der Waals surface area contributed by atoms with Crippen LogP contribution in [0.4, 0.5) is 16.5 Å². The lowest BCUT2D eigenvalue weighted by atomic mass is 10.1. The lowest BCUT2D eigenvalue weighted by Crippen LogP contribution is -2.12. The van der Waals surface area contributed by atoms with Crippen molar-refractivity contribution in [1.82, 2.24) is 4.98 Å². The van der Waals surface area contributed by atoms with Gasteiger partial charge in [0.05, 0.1) is 15.1 Å². The lowest BCUT2D eigenvalue weighted by molar-refractivity contribution is -0.385. The first-order valence-corrected chi connectivity index (χ1v) is 8.96. The molecule has 0 bridgehead atoms. The van der Waals surface area contributed by atoms with Gasteiger partial charge in [0.25, 0.3) is 11.6 Å². The van der Waals surface area contributed by atoms with Crippen LogP contribution in [0.1, 0.15) is 29.3 Å². The molecule has 9 heteroatoms. The summed E-state index contributed by atoms with van der Waals surface area (Å²) < 4.78 is 0.800. The van der Waals surface area contributed by atoms with Crippen molar-refractivity contribution in [2.24, 2.45) is 0 Å². The largest absolute Gasteiger partial charge is 0.322 e. The number of anilines is 2. The SMILES string of the molecule is CCC(=O)Nc1nc2ccc(NC(=O)c3ccc(C)c([N+](=O)[O-])c3)cc2s1. The van der Waals surface area contributed by atoms with Crippen LogP contribution in [0, 0.1) is 17.0 Å². The van der Waals surface area contributed by atoms with Crippen molar-refractivity contribution < 1.29 is 14.5 Å². The van der Waals surface area contributed by atoms with Crippen LogP contribution >= 0.6 is 11.3 Å². The molecule has 0 spiro atoms. The van der Waals surface area contributed by atoms with Gasteiger partial charge < -0.3 is 10.6 Å². The number of carbonyl (C=O) groups excluding carboxylic acids is 2. The number of aryl methyl sites for hydroxylation is 1. The van der Waals surface area contributed by atoms with E-state index in [4.69, 9.17) is 0 Å². The Morgan fingerprint density at radius 3 is 2.67 bits per heavy atom. The predicted octanol–water partition coefficient (Wildman–Crippen LogP) is 4.11. The maximum Gasteiger partial charge on any atom is 0.273 e. The molecule has 0 atom stereocenters. The van der Waals surface area contributed by atoms with Gasteiger partial charge in [0.15, 0.2) is 5.13 Å². The normalized spacial score (nSPS) is 10.6. The van der Waals surface area contributed by atoms with Gasteiger partial charge in [0.2, 0.25) is 5.91 Å². The Bertz CT molecular complexity index is 1060. The van der Waals surface area contributed by atoms with Gasteiger partial charge in [0, 0.05) is 29.3 Å². The van der Waals surface area contributed by atoms with E-state index in [9.17, 15) is 19.7 Å². The van der Waals surface area contributed by atoms with Gasteiger partial charge >= 0.3 is 0 Å². The second-order valence-corrected chi connectivity index (χ2v) is 6.85. The first-order chi connectivity index (χ1) is 12.9. The number of nitrogens with one attached hydrogen (secondary N) is 2. The number of thiazole rings is 1. The number of fused-ring (bicyclic) bond motifs is 1. The maximum absolute atomic E-state index is 12.4. The molecule has 3 aromatic rings. The predicted molar refractivity (Wildman–Crippen MR) is 104 cm³/mol. The zero-order chi connectivity index (χ0) is 19.6. The minimum atomic E-state index is -0.512. The maximum atomic E-state index is 12.4. The Morgan fingerprint density at radius 2 is 1.96 bits per heavy atom. The van der Waals surface area contributed by atoms with E-state index in [1.807, 2.05) is 0 Å². The van der Waals surface area contributed by atoms with Gasteiger partial charge in [-0.2, -0.15) is 0 Å². The molecule has 8 nitrogen and oxygen atoms in total. The first kappa shape index (κ1) is 18.5. The van der Waals surface area contributed by atoms with Crippen LogP contribution in [-0.2, 0) is 4.79 Å². The molecule has 2 amide bonds. The molecule has 0 aliphatic carbocycles. The van der Waals surface area contributed by atoms with Crippen molar-refractivity contribution in [3.8, 4) is 0 Å². The molecule has 138 valence electrons. The minimum Gasteiger partial charge on any atom is -0.322 e. The number of hydrogen-bond acceptors (Lipinski definition) is 6. The van der Waals surface area contributed by atoms with E-state index < -0.39 is 10.8 Å².